The Bertz CT molecular complexity index is 1710. The quantitative estimate of drug-likeness (QED) is 0.187. The maximum absolute atomic E-state index is 14.6. The van der Waals surface area contributed by atoms with E-state index in [4.69, 9.17) is 0 Å². The van der Waals surface area contributed by atoms with Crippen LogP contribution in [0.3, 0.4) is 0 Å². The van der Waals surface area contributed by atoms with Gasteiger partial charge in [-0.2, -0.15) is 0 Å². The van der Waals surface area contributed by atoms with Crippen molar-refractivity contribution in [2.45, 2.75) is 71.0 Å². The molecule has 7 nitrogen and oxygen atoms in total. The molecule has 4 rings (SSSR count). The minimum Gasteiger partial charge on any atom is -0.352 e. The smallest absolute Gasteiger partial charge is 0.264 e. The van der Waals surface area contributed by atoms with E-state index in [1.807, 2.05) is 101 Å². The highest BCUT2D eigenvalue weighted by molar-refractivity contribution is 7.92. The van der Waals surface area contributed by atoms with Crippen molar-refractivity contribution in [3.05, 3.63) is 131 Å². The Hall–Kier alpha value is -4.43. The summed E-state index contributed by atoms with van der Waals surface area (Å²) < 4.78 is 29.6. The third kappa shape index (κ3) is 8.39. The van der Waals surface area contributed by atoms with E-state index in [0.717, 1.165) is 28.7 Å². The first-order chi connectivity index (χ1) is 21.5. The number of hydrogen-bond donors (Lipinski definition) is 1. The van der Waals surface area contributed by atoms with E-state index in [1.54, 1.807) is 29.2 Å². The highest BCUT2D eigenvalue weighted by atomic mass is 32.2. The molecule has 2 atom stereocenters. The van der Waals surface area contributed by atoms with Crippen molar-refractivity contribution in [1.29, 1.82) is 0 Å². The molecular formula is C37H43N3O4S. The van der Waals surface area contributed by atoms with Gasteiger partial charge in [0.25, 0.3) is 10.0 Å². The van der Waals surface area contributed by atoms with Gasteiger partial charge in [0.05, 0.1) is 10.6 Å². The maximum Gasteiger partial charge on any atom is 0.264 e. The summed E-state index contributed by atoms with van der Waals surface area (Å²) in [6.45, 7) is 9.26. The molecule has 0 unspecified atom stereocenters. The summed E-state index contributed by atoms with van der Waals surface area (Å²) >= 11 is 0. The van der Waals surface area contributed by atoms with Gasteiger partial charge < -0.3 is 10.2 Å². The molecule has 4 aromatic carbocycles. The number of amides is 2. The monoisotopic (exact) mass is 625 g/mol. The molecule has 0 heterocycles. The van der Waals surface area contributed by atoms with Crippen LogP contribution in [0.15, 0.2) is 108 Å². The third-order valence-electron chi connectivity index (χ3n) is 8.12. The molecule has 45 heavy (non-hydrogen) atoms. The molecule has 0 aliphatic rings. The standard InChI is InChI=1S/C37H43N3O4S/c1-6-30(5)38-37(42)35(24-31-16-9-7-10-17-31)39(25-32-18-14-13-15-28(32)3)36(41)26-40(34-23-27(2)21-22-29(34)4)45(43,44)33-19-11-8-12-20-33/h7-23,30,35H,6,24-26H2,1-5H3,(H,38,42)/t30-,35+/m1/s1. The summed E-state index contributed by atoms with van der Waals surface area (Å²) in [5.41, 5.74) is 4.75. The fraction of sp³-hybridized carbons (Fsp3) is 0.297. The summed E-state index contributed by atoms with van der Waals surface area (Å²) in [6.07, 6.45) is 1.00. The first-order valence-electron chi connectivity index (χ1n) is 15.3. The van der Waals surface area contributed by atoms with Crippen LogP contribution in [0.2, 0.25) is 0 Å². The number of hydrogen-bond acceptors (Lipinski definition) is 4. The summed E-state index contributed by atoms with van der Waals surface area (Å²) in [5.74, 6) is -0.752. The second-order valence-corrected chi connectivity index (χ2v) is 13.4. The van der Waals surface area contributed by atoms with Crippen LogP contribution in [0.4, 0.5) is 5.69 Å². The van der Waals surface area contributed by atoms with Gasteiger partial charge in [-0.05, 0) is 80.1 Å². The number of aryl methyl sites for hydroxylation is 3. The van der Waals surface area contributed by atoms with Gasteiger partial charge in [-0.25, -0.2) is 8.42 Å². The van der Waals surface area contributed by atoms with Crippen LogP contribution in [0.25, 0.3) is 0 Å². The highest BCUT2D eigenvalue weighted by Gasteiger charge is 2.35. The van der Waals surface area contributed by atoms with Crippen molar-refractivity contribution in [3.8, 4) is 0 Å². The Morgan fingerprint density at radius 3 is 2.07 bits per heavy atom. The van der Waals surface area contributed by atoms with Crippen LogP contribution in [0.1, 0.15) is 48.1 Å². The molecular weight excluding hydrogens is 582 g/mol. The average molecular weight is 626 g/mol. The second-order valence-electron chi connectivity index (χ2n) is 11.6. The van der Waals surface area contributed by atoms with Crippen molar-refractivity contribution >= 4 is 27.5 Å². The number of carbonyl (C=O) groups excluding carboxylic acids is 2. The molecule has 0 bridgehead atoms. The summed E-state index contributed by atoms with van der Waals surface area (Å²) in [5, 5.41) is 3.08. The van der Waals surface area contributed by atoms with E-state index >= 15 is 0 Å². The molecule has 0 radical (unpaired) electrons. The van der Waals surface area contributed by atoms with Gasteiger partial charge in [-0.3, -0.25) is 13.9 Å². The van der Waals surface area contributed by atoms with E-state index in [-0.39, 0.29) is 29.8 Å². The summed E-state index contributed by atoms with van der Waals surface area (Å²) in [6, 6.07) is 30.0. The Morgan fingerprint density at radius 1 is 0.800 bits per heavy atom. The maximum atomic E-state index is 14.6. The molecule has 0 saturated carbocycles. The van der Waals surface area contributed by atoms with Crippen molar-refractivity contribution in [2.75, 3.05) is 10.8 Å². The van der Waals surface area contributed by atoms with Gasteiger partial charge in [0.2, 0.25) is 11.8 Å². The zero-order chi connectivity index (χ0) is 32.6. The molecule has 0 aliphatic carbocycles. The summed E-state index contributed by atoms with van der Waals surface area (Å²) in [7, 11) is -4.15. The average Bonchev–Trinajstić information content (AvgIpc) is 3.04. The lowest BCUT2D eigenvalue weighted by Crippen LogP contribution is -2.54. The van der Waals surface area contributed by atoms with E-state index in [1.165, 1.54) is 16.4 Å². The normalized spacial score (nSPS) is 12.6. The summed E-state index contributed by atoms with van der Waals surface area (Å²) in [4.78, 5) is 30.3. The van der Waals surface area contributed by atoms with Crippen LogP contribution >= 0.6 is 0 Å². The molecule has 8 heteroatoms. The van der Waals surface area contributed by atoms with Gasteiger partial charge in [0, 0.05) is 19.0 Å². The molecule has 236 valence electrons. The number of rotatable bonds is 13. The van der Waals surface area contributed by atoms with Gasteiger partial charge in [-0.1, -0.05) is 91.9 Å². The lowest BCUT2D eigenvalue weighted by molar-refractivity contribution is -0.140. The molecule has 0 saturated heterocycles. The molecule has 4 aromatic rings. The topological polar surface area (TPSA) is 86.8 Å². The van der Waals surface area contributed by atoms with E-state index in [9.17, 15) is 18.0 Å². The lowest BCUT2D eigenvalue weighted by Gasteiger charge is -2.35. The number of sulfonamides is 1. The third-order valence-corrected chi connectivity index (χ3v) is 9.89. The highest BCUT2D eigenvalue weighted by Crippen LogP contribution is 2.29. The molecule has 1 N–H and O–H groups in total. The van der Waals surface area contributed by atoms with Crippen LogP contribution in [-0.4, -0.2) is 43.8 Å². The Labute approximate surface area is 268 Å². The Morgan fingerprint density at radius 2 is 1.42 bits per heavy atom. The molecule has 0 fully saturated rings. The predicted molar refractivity (Wildman–Crippen MR) is 180 cm³/mol. The predicted octanol–water partition coefficient (Wildman–Crippen LogP) is 6.36. The van der Waals surface area contributed by atoms with E-state index in [0.29, 0.717) is 11.3 Å². The number of anilines is 1. The van der Waals surface area contributed by atoms with Gasteiger partial charge >= 0.3 is 0 Å². The minimum absolute atomic E-state index is 0.0829. The lowest BCUT2D eigenvalue weighted by atomic mass is 10.0. The fourth-order valence-corrected chi connectivity index (χ4v) is 6.68. The van der Waals surface area contributed by atoms with E-state index in [2.05, 4.69) is 5.32 Å². The molecule has 2 amide bonds. The zero-order valence-corrected chi connectivity index (χ0v) is 27.6. The van der Waals surface area contributed by atoms with Gasteiger partial charge in [0.15, 0.2) is 0 Å². The number of nitrogens with one attached hydrogen (secondary N) is 1. The first-order valence-corrected chi connectivity index (χ1v) is 16.8. The molecule has 0 spiro atoms. The molecule has 0 aromatic heterocycles. The van der Waals surface area contributed by atoms with Crippen LogP contribution in [-0.2, 0) is 32.6 Å². The van der Waals surface area contributed by atoms with Crippen LogP contribution in [0.5, 0.6) is 0 Å². The van der Waals surface area contributed by atoms with Crippen molar-refractivity contribution in [2.24, 2.45) is 0 Å². The largest absolute Gasteiger partial charge is 0.352 e. The van der Waals surface area contributed by atoms with Crippen LogP contribution < -0.4 is 9.62 Å². The van der Waals surface area contributed by atoms with Crippen molar-refractivity contribution in [1.82, 2.24) is 10.2 Å². The zero-order valence-electron chi connectivity index (χ0n) is 26.7. The number of carbonyl (C=O) groups is 2. The molecule has 0 aliphatic heterocycles. The van der Waals surface area contributed by atoms with Crippen molar-refractivity contribution < 1.29 is 18.0 Å². The Balaban J connectivity index is 1.84. The van der Waals surface area contributed by atoms with E-state index < -0.39 is 28.5 Å². The number of nitrogens with zero attached hydrogens (tertiary/aromatic N) is 2. The first kappa shape index (κ1) is 33.5. The van der Waals surface area contributed by atoms with Crippen LogP contribution in [0, 0.1) is 20.8 Å². The fourth-order valence-electron chi connectivity index (χ4n) is 5.19. The number of benzene rings is 4. The SMILES string of the molecule is CC[C@@H](C)NC(=O)[C@H](Cc1ccccc1)N(Cc1ccccc1C)C(=O)CN(c1cc(C)ccc1C)S(=O)(=O)c1ccccc1. The second kappa shape index (κ2) is 15.0. The Kier molecular flexibility index (Phi) is 11.2. The van der Waals surface area contributed by atoms with Crippen molar-refractivity contribution in [3.63, 3.8) is 0 Å². The van der Waals surface area contributed by atoms with Gasteiger partial charge in [-0.15, -0.1) is 0 Å². The van der Waals surface area contributed by atoms with Gasteiger partial charge in [0.1, 0.15) is 12.6 Å². The minimum atomic E-state index is -4.15.